The molecule has 0 aliphatic carbocycles. The van der Waals surface area contributed by atoms with Gasteiger partial charge in [0.2, 0.25) is 0 Å². The van der Waals surface area contributed by atoms with Gasteiger partial charge in [0, 0.05) is 19.1 Å². The van der Waals surface area contributed by atoms with E-state index in [0.717, 1.165) is 30.5 Å². The number of benzene rings is 1. The molecule has 0 bridgehead atoms. The summed E-state index contributed by atoms with van der Waals surface area (Å²) in [6.45, 7) is 5.87. The second-order valence-electron chi connectivity index (χ2n) is 4.94. The van der Waals surface area contributed by atoms with E-state index < -0.39 is 0 Å². The van der Waals surface area contributed by atoms with Crippen LogP contribution in [-0.2, 0) is 6.54 Å². The molecule has 1 fully saturated rings. The van der Waals surface area contributed by atoms with Gasteiger partial charge in [0.1, 0.15) is 12.4 Å². The Hall–Kier alpha value is -1.06. The Morgan fingerprint density at radius 1 is 1.44 bits per heavy atom. The minimum absolute atomic E-state index is 0.571. The average Bonchev–Trinajstić information content (AvgIpc) is 2.86. The van der Waals surface area contributed by atoms with Gasteiger partial charge in [-0.2, -0.15) is 0 Å². The zero-order valence-corrected chi connectivity index (χ0v) is 11.3. The van der Waals surface area contributed by atoms with Gasteiger partial charge in [0.25, 0.3) is 0 Å². The van der Waals surface area contributed by atoms with Crippen LogP contribution in [0.5, 0.6) is 5.75 Å². The van der Waals surface area contributed by atoms with Gasteiger partial charge in [0.05, 0.1) is 0 Å². The van der Waals surface area contributed by atoms with E-state index in [-0.39, 0.29) is 0 Å². The van der Waals surface area contributed by atoms with Crippen LogP contribution in [0.1, 0.15) is 31.7 Å². The molecule has 1 saturated heterocycles. The molecule has 0 spiro atoms. The molecular weight excluding hydrogens is 224 g/mol. The summed E-state index contributed by atoms with van der Waals surface area (Å²) >= 11 is 0. The first kappa shape index (κ1) is 13.4. The smallest absolute Gasteiger partial charge is 0.119 e. The maximum Gasteiger partial charge on any atom is 0.119 e. The molecule has 1 aliphatic heterocycles. The third-order valence-electron chi connectivity index (χ3n) is 3.75. The standard InChI is InChI=1S/C15H24N2O/c1-2-14-6-4-8-17(14)9-10-18-15-7-3-5-13(11-15)12-16/h3,5,7,11,14H,2,4,6,8-10,12,16H2,1H3. The summed E-state index contributed by atoms with van der Waals surface area (Å²) in [5, 5.41) is 0. The molecule has 1 aromatic carbocycles. The predicted octanol–water partition coefficient (Wildman–Crippen LogP) is 2.40. The molecule has 0 amide bonds. The minimum Gasteiger partial charge on any atom is -0.492 e. The van der Waals surface area contributed by atoms with Crippen molar-refractivity contribution in [2.45, 2.75) is 38.8 Å². The molecule has 0 aromatic heterocycles. The van der Waals surface area contributed by atoms with Gasteiger partial charge in [-0.3, -0.25) is 4.90 Å². The summed E-state index contributed by atoms with van der Waals surface area (Å²) in [5.41, 5.74) is 6.74. The maximum absolute atomic E-state index is 5.81. The van der Waals surface area contributed by atoms with Gasteiger partial charge < -0.3 is 10.5 Å². The molecule has 0 saturated carbocycles. The van der Waals surface area contributed by atoms with E-state index in [2.05, 4.69) is 11.8 Å². The van der Waals surface area contributed by atoms with Crippen molar-refractivity contribution in [3.63, 3.8) is 0 Å². The molecule has 1 heterocycles. The minimum atomic E-state index is 0.571. The van der Waals surface area contributed by atoms with Crippen molar-refractivity contribution < 1.29 is 4.74 Å². The van der Waals surface area contributed by atoms with Crippen molar-refractivity contribution >= 4 is 0 Å². The largest absolute Gasteiger partial charge is 0.492 e. The summed E-state index contributed by atoms with van der Waals surface area (Å²) in [6.07, 6.45) is 3.93. The molecule has 1 unspecified atom stereocenters. The zero-order valence-electron chi connectivity index (χ0n) is 11.3. The number of hydrogen-bond donors (Lipinski definition) is 1. The fraction of sp³-hybridized carbons (Fsp3) is 0.600. The highest BCUT2D eigenvalue weighted by molar-refractivity contribution is 5.28. The Kier molecular flexibility index (Phi) is 5.02. The van der Waals surface area contributed by atoms with Crippen LogP contribution in [0.4, 0.5) is 0 Å². The van der Waals surface area contributed by atoms with Crippen LogP contribution < -0.4 is 10.5 Å². The quantitative estimate of drug-likeness (QED) is 0.840. The summed E-state index contributed by atoms with van der Waals surface area (Å²) in [6, 6.07) is 8.83. The Labute approximate surface area is 110 Å². The second-order valence-corrected chi connectivity index (χ2v) is 4.94. The third-order valence-corrected chi connectivity index (χ3v) is 3.75. The van der Waals surface area contributed by atoms with Crippen LogP contribution in [-0.4, -0.2) is 30.6 Å². The van der Waals surface area contributed by atoms with E-state index in [4.69, 9.17) is 10.5 Å². The fourth-order valence-corrected chi connectivity index (χ4v) is 2.69. The molecule has 3 heteroatoms. The Morgan fingerprint density at radius 3 is 3.11 bits per heavy atom. The van der Waals surface area contributed by atoms with E-state index in [1.807, 2.05) is 24.3 Å². The molecule has 1 atom stereocenters. The van der Waals surface area contributed by atoms with Crippen LogP contribution in [0.25, 0.3) is 0 Å². The molecule has 2 rings (SSSR count). The number of nitrogens with two attached hydrogens (primary N) is 1. The van der Waals surface area contributed by atoms with Gasteiger partial charge in [-0.1, -0.05) is 19.1 Å². The lowest BCUT2D eigenvalue weighted by Crippen LogP contribution is -2.32. The highest BCUT2D eigenvalue weighted by atomic mass is 16.5. The molecule has 2 N–H and O–H groups in total. The average molecular weight is 248 g/mol. The van der Waals surface area contributed by atoms with E-state index in [0.29, 0.717) is 6.54 Å². The molecule has 0 radical (unpaired) electrons. The van der Waals surface area contributed by atoms with Gasteiger partial charge in [-0.25, -0.2) is 0 Å². The third kappa shape index (κ3) is 3.47. The lowest BCUT2D eigenvalue weighted by Gasteiger charge is -2.23. The molecule has 100 valence electrons. The Bertz CT molecular complexity index is 367. The number of likely N-dealkylation sites (tertiary alicyclic amines) is 1. The zero-order chi connectivity index (χ0) is 12.8. The van der Waals surface area contributed by atoms with Crippen molar-refractivity contribution in [3.05, 3.63) is 29.8 Å². The van der Waals surface area contributed by atoms with Crippen molar-refractivity contribution in [2.75, 3.05) is 19.7 Å². The van der Waals surface area contributed by atoms with Crippen molar-refractivity contribution in [3.8, 4) is 5.75 Å². The molecule has 1 aromatic rings. The van der Waals surface area contributed by atoms with E-state index in [1.165, 1.54) is 25.8 Å². The lowest BCUT2D eigenvalue weighted by molar-refractivity contribution is 0.193. The van der Waals surface area contributed by atoms with Crippen LogP contribution in [0.3, 0.4) is 0 Å². The first-order valence-corrected chi connectivity index (χ1v) is 6.99. The summed E-state index contributed by atoms with van der Waals surface area (Å²) in [5.74, 6) is 0.935. The molecule has 18 heavy (non-hydrogen) atoms. The molecule has 1 aliphatic rings. The number of nitrogens with zero attached hydrogens (tertiary/aromatic N) is 1. The SMILES string of the molecule is CCC1CCCN1CCOc1cccc(CN)c1. The summed E-state index contributed by atoms with van der Waals surface area (Å²) < 4.78 is 5.81. The Balaban J connectivity index is 1.77. The van der Waals surface area contributed by atoms with Gasteiger partial charge in [-0.15, -0.1) is 0 Å². The molecule has 3 nitrogen and oxygen atoms in total. The van der Waals surface area contributed by atoms with Crippen molar-refractivity contribution in [1.29, 1.82) is 0 Å². The maximum atomic E-state index is 5.81. The number of rotatable bonds is 6. The van der Waals surface area contributed by atoms with Crippen LogP contribution in [0.2, 0.25) is 0 Å². The highest BCUT2D eigenvalue weighted by Crippen LogP contribution is 2.19. The van der Waals surface area contributed by atoms with Crippen LogP contribution >= 0.6 is 0 Å². The van der Waals surface area contributed by atoms with Gasteiger partial charge in [-0.05, 0) is 43.5 Å². The monoisotopic (exact) mass is 248 g/mol. The second kappa shape index (κ2) is 6.76. The van der Waals surface area contributed by atoms with Gasteiger partial charge >= 0.3 is 0 Å². The first-order chi connectivity index (χ1) is 8.83. The van der Waals surface area contributed by atoms with Crippen LogP contribution in [0.15, 0.2) is 24.3 Å². The summed E-state index contributed by atoms with van der Waals surface area (Å²) in [4.78, 5) is 2.55. The first-order valence-electron chi connectivity index (χ1n) is 6.99. The van der Waals surface area contributed by atoms with Crippen molar-refractivity contribution in [2.24, 2.45) is 5.73 Å². The topological polar surface area (TPSA) is 38.5 Å². The lowest BCUT2D eigenvalue weighted by atomic mass is 10.2. The predicted molar refractivity (Wildman–Crippen MR) is 74.7 cm³/mol. The van der Waals surface area contributed by atoms with Gasteiger partial charge in [0.15, 0.2) is 0 Å². The summed E-state index contributed by atoms with van der Waals surface area (Å²) in [7, 11) is 0. The fourth-order valence-electron chi connectivity index (χ4n) is 2.69. The Morgan fingerprint density at radius 2 is 2.33 bits per heavy atom. The number of hydrogen-bond acceptors (Lipinski definition) is 3. The number of ether oxygens (including phenoxy) is 1. The van der Waals surface area contributed by atoms with E-state index in [1.54, 1.807) is 0 Å². The normalized spacial score (nSPS) is 20.2. The highest BCUT2D eigenvalue weighted by Gasteiger charge is 2.21. The van der Waals surface area contributed by atoms with E-state index >= 15 is 0 Å². The van der Waals surface area contributed by atoms with E-state index in [9.17, 15) is 0 Å². The van der Waals surface area contributed by atoms with Crippen molar-refractivity contribution in [1.82, 2.24) is 4.90 Å². The van der Waals surface area contributed by atoms with Crippen LogP contribution in [0, 0.1) is 0 Å². The molecular formula is C15H24N2O.